The number of hydrogen-bond donors (Lipinski definition) is 2. The molecule has 0 aliphatic rings. The molecule has 0 atom stereocenters. The molecule has 4 heteroatoms. The molecule has 2 heterocycles. The average molecular weight is 379 g/mol. The number of amides is 1. The van der Waals surface area contributed by atoms with Crippen LogP contribution in [0.25, 0.3) is 49.9 Å². The summed E-state index contributed by atoms with van der Waals surface area (Å²) in [5, 5.41) is 3.47. The van der Waals surface area contributed by atoms with Crippen molar-refractivity contribution in [1.29, 1.82) is 0 Å². The Morgan fingerprint density at radius 3 is 2.69 bits per heavy atom. The van der Waals surface area contributed by atoms with Gasteiger partial charge >= 0.3 is 0 Å². The smallest absolute Gasteiger partial charge is 0.246 e. The summed E-state index contributed by atoms with van der Waals surface area (Å²) in [6.45, 7) is 0. The van der Waals surface area contributed by atoms with Gasteiger partial charge in [-0.15, -0.1) is 0 Å². The summed E-state index contributed by atoms with van der Waals surface area (Å²) in [6, 6.07) is 21.0. The lowest BCUT2D eigenvalue weighted by atomic mass is 9.97. The largest absolute Gasteiger partial charge is 0.361 e. The summed E-state index contributed by atoms with van der Waals surface area (Å²) in [5.41, 5.74) is 6.53. The number of hydrogen-bond acceptors (Lipinski definition) is 1. The van der Waals surface area contributed by atoms with E-state index in [9.17, 15) is 4.79 Å². The number of nitrogens with zero attached hydrogens (tertiary/aromatic N) is 1. The molecule has 29 heavy (non-hydrogen) atoms. The molecule has 0 saturated heterocycles. The zero-order valence-corrected chi connectivity index (χ0v) is 16.4. The number of aromatic amines is 2. The fourth-order valence-electron chi connectivity index (χ4n) is 3.94. The van der Waals surface area contributed by atoms with E-state index in [4.69, 9.17) is 0 Å². The predicted octanol–water partition coefficient (Wildman–Crippen LogP) is 5.57. The molecular weight excluding hydrogens is 358 g/mol. The number of nitrogens with one attached hydrogen (secondary N) is 2. The number of H-pyrrole nitrogens is 2. The van der Waals surface area contributed by atoms with Crippen LogP contribution in [0.5, 0.6) is 0 Å². The Labute approximate surface area is 168 Å². The number of para-hydroxylation sites is 2. The van der Waals surface area contributed by atoms with Gasteiger partial charge in [0.15, 0.2) is 0 Å². The van der Waals surface area contributed by atoms with E-state index in [1.54, 1.807) is 25.1 Å². The van der Waals surface area contributed by atoms with Crippen molar-refractivity contribution < 1.29 is 4.79 Å². The highest BCUT2D eigenvalue weighted by molar-refractivity contribution is 6.13. The minimum atomic E-state index is -0.0325. The zero-order valence-electron chi connectivity index (χ0n) is 16.4. The molecule has 1 amide bonds. The average Bonchev–Trinajstić information content (AvgIpc) is 3.35. The molecule has 4 nitrogen and oxygen atoms in total. The summed E-state index contributed by atoms with van der Waals surface area (Å²) in [5.74, 6) is -0.0325. The summed E-state index contributed by atoms with van der Waals surface area (Å²) < 4.78 is 0. The lowest BCUT2D eigenvalue weighted by Gasteiger charge is -2.09. The maximum atomic E-state index is 12.2. The number of aromatic nitrogens is 2. The summed E-state index contributed by atoms with van der Waals surface area (Å²) >= 11 is 0. The van der Waals surface area contributed by atoms with Crippen LogP contribution in [0.2, 0.25) is 0 Å². The second kappa shape index (κ2) is 6.67. The van der Waals surface area contributed by atoms with E-state index in [1.807, 2.05) is 24.4 Å². The monoisotopic (exact) mass is 379 g/mol. The third-order valence-corrected chi connectivity index (χ3v) is 5.38. The third-order valence-electron chi connectivity index (χ3n) is 5.38. The van der Waals surface area contributed by atoms with Crippen LogP contribution in [0, 0.1) is 0 Å². The van der Waals surface area contributed by atoms with Crippen molar-refractivity contribution in [1.82, 2.24) is 14.9 Å². The second-order valence-electron chi connectivity index (χ2n) is 7.47. The Kier molecular flexibility index (Phi) is 3.98. The Morgan fingerprint density at radius 1 is 0.966 bits per heavy atom. The van der Waals surface area contributed by atoms with Gasteiger partial charge in [-0.25, -0.2) is 0 Å². The maximum Gasteiger partial charge on any atom is 0.246 e. The van der Waals surface area contributed by atoms with Gasteiger partial charge in [0.05, 0.1) is 5.52 Å². The quantitative estimate of drug-likeness (QED) is 0.396. The molecule has 0 unspecified atom stereocenters. The Morgan fingerprint density at radius 2 is 1.83 bits per heavy atom. The van der Waals surface area contributed by atoms with Gasteiger partial charge in [0.25, 0.3) is 0 Å². The third kappa shape index (κ3) is 2.90. The van der Waals surface area contributed by atoms with Crippen LogP contribution in [0.4, 0.5) is 0 Å². The normalized spacial score (nSPS) is 11.8. The first kappa shape index (κ1) is 17.3. The topological polar surface area (TPSA) is 51.9 Å². The second-order valence-corrected chi connectivity index (χ2v) is 7.47. The number of benzene rings is 3. The van der Waals surface area contributed by atoms with Gasteiger partial charge in [-0.1, -0.05) is 36.4 Å². The summed E-state index contributed by atoms with van der Waals surface area (Å²) in [6.07, 6.45) is 5.52. The molecule has 0 aliphatic heterocycles. The molecule has 2 N–H and O–H groups in total. The van der Waals surface area contributed by atoms with E-state index in [0.717, 1.165) is 44.0 Å². The molecule has 5 aromatic rings. The fraction of sp³-hybridized carbons (Fsp3) is 0.0800. The van der Waals surface area contributed by atoms with Crippen molar-refractivity contribution in [2.45, 2.75) is 0 Å². The van der Waals surface area contributed by atoms with Crippen LogP contribution >= 0.6 is 0 Å². The van der Waals surface area contributed by atoms with E-state index in [1.165, 1.54) is 5.39 Å². The molecular formula is C25H21N3O. The van der Waals surface area contributed by atoms with Gasteiger partial charge in [-0.3, -0.25) is 4.79 Å². The summed E-state index contributed by atoms with van der Waals surface area (Å²) in [7, 11) is 3.52. The molecule has 0 aliphatic carbocycles. The Hall–Kier alpha value is -3.79. The van der Waals surface area contributed by atoms with Crippen LogP contribution in [0.3, 0.4) is 0 Å². The first-order valence-electron chi connectivity index (χ1n) is 9.62. The van der Waals surface area contributed by atoms with Gasteiger partial charge in [0.2, 0.25) is 5.91 Å². The number of fused-ring (bicyclic) bond motifs is 4. The van der Waals surface area contributed by atoms with E-state index < -0.39 is 0 Å². The van der Waals surface area contributed by atoms with Gasteiger partial charge in [-0.2, -0.15) is 0 Å². The van der Waals surface area contributed by atoms with Crippen LogP contribution in [-0.2, 0) is 4.79 Å². The van der Waals surface area contributed by atoms with Crippen molar-refractivity contribution in [3.63, 3.8) is 0 Å². The number of carbonyl (C=O) groups is 1. The molecule has 0 fully saturated rings. The van der Waals surface area contributed by atoms with E-state index in [2.05, 4.69) is 58.5 Å². The molecule has 3 aromatic carbocycles. The van der Waals surface area contributed by atoms with Crippen LogP contribution in [0.15, 0.2) is 72.9 Å². The first-order valence-corrected chi connectivity index (χ1v) is 9.62. The van der Waals surface area contributed by atoms with Crippen LogP contribution < -0.4 is 0 Å². The minimum absolute atomic E-state index is 0.0325. The molecule has 142 valence electrons. The number of likely N-dealkylation sites (N-methyl/N-ethyl adjacent to an activating group) is 1. The van der Waals surface area contributed by atoms with Crippen LogP contribution in [-0.4, -0.2) is 34.9 Å². The molecule has 0 bridgehead atoms. The highest BCUT2D eigenvalue weighted by Crippen LogP contribution is 2.35. The maximum absolute atomic E-state index is 12.2. The lowest BCUT2D eigenvalue weighted by molar-refractivity contribution is -0.123. The lowest BCUT2D eigenvalue weighted by Crippen LogP contribution is -2.18. The van der Waals surface area contributed by atoms with Gasteiger partial charge in [0.1, 0.15) is 0 Å². The van der Waals surface area contributed by atoms with E-state index in [-0.39, 0.29) is 5.91 Å². The molecule has 0 radical (unpaired) electrons. The van der Waals surface area contributed by atoms with E-state index in [0.29, 0.717) is 0 Å². The molecule has 0 saturated carbocycles. The van der Waals surface area contributed by atoms with Gasteiger partial charge < -0.3 is 14.9 Å². The summed E-state index contributed by atoms with van der Waals surface area (Å²) in [4.78, 5) is 20.6. The molecule has 5 rings (SSSR count). The van der Waals surface area contributed by atoms with Crippen molar-refractivity contribution in [2.75, 3.05) is 14.1 Å². The van der Waals surface area contributed by atoms with Gasteiger partial charge in [-0.05, 0) is 46.9 Å². The van der Waals surface area contributed by atoms with Crippen molar-refractivity contribution >= 4 is 44.7 Å². The van der Waals surface area contributed by atoms with Crippen molar-refractivity contribution in [3.8, 4) is 11.1 Å². The van der Waals surface area contributed by atoms with Gasteiger partial charge in [0, 0.05) is 53.7 Å². The number of rotatable bonds is 3. The highest BCUT2D eigenvalue weighted by Gasteiger charge is 2.12. The van der Waals surface area contributed by atoms with Crippen LogP contribution in [0.1, 0.15) is 5.56 Å². The highest BCUT2D eigenvalue weighted by atomic mass is 16.2. The van der Waals surface area contributed by atoms with Crippen molar-refractivity contribution in [2.24, 2.45) is 0 Å². The van der Waals surface area contributed by atoms with E-state index >= 15 is 0 Å². The molecule has 0 spiro atoms. The fourth-order valence-corrected chi connectivity index (χ4v) is 3.94. The standard InChI is InChI=1S/C25H21N3O/c1-28(2)23(29)11-10-17-14-18(19-8-5-6-16-12-13-26-25(16)19)15-22-24(17)20-7-3-4-9-21(20)27-22/h3-15,26-27H,1-2H3/b11-10+. The zero-order chi connectivity index (χ0) is 20.0. The first-order chi connectivity index (χ1) is 14.1. The Balaban J connectivity index is 1.80. The minimum Gasteiger partial charge on any atom is -0.361 e. The predicted molar refractivity (Wildman–Crippen MR) is 121 cm³/mol. The molecule has 2 aromatic heterocycles. The van der Waals surface area contributed by atoms with Crippen molar-refractivity contribution in [3.05, 3.63) is 78.5 Å². The number of carbonyl (C=O) groups excluding carboxylic acids is 1. The SMILES string of the molecule is CN(C)C(=O)/C=C/c1cc(-c2cccc3cc[nH]c23)cc2[nH]c3ccccc3c12. The Bertz CT molecular complexity index is 1400.